The monoisotopic (exact) mass is 405 g/mol. The molecule has 0 radical (unpaired) electrons. The molecule has 1 aliphatic rings. The van der Waals surface area contributed by atoms with Gasteiger partial charge in [0.2, 0.25) is 0 Å². The first-order valence-corrected chi connectivity index (χ1v) is 10.5. The van der Waals surface area contributed by atoms with E-state index in [1.54, 1.807) is 6.07 Å². The maximum Gasteiger partial charge on any atom is 0.163 e. The number of halogens is 2. The van der Waals surface area contributed by atoms with Crippen molar-refractivity contribution in [3.8, 4) is 11.1 Å². The molecule has 154 valence electrons. The molecule has 1 fully saturated rings. The Morgan fingerprint density at radius 2 is 1.53 bits per heavy atom. The van der Waals surface area contributed by atoms with Gasteiger partial charge in [-0.15, -0.1) is 0 Å². The molecule has 0 aromatic heterocycles. The molecule has 3 aromatic carbocycles. The predicted molar refractivity (Wildman–Crippen MR) is 116 cm³/mol. The van der Waals surface area contributed by atoms with Crippen LogP contribution in [0.1, 0.15) is 46.7 Å². The molecule has 3 aromatic rings. The fourth-order valence-electron chi connectivity index (χ4n) is 4.12. The van der Waals surface area contributed by atoms with Crippen LogP contribution < -0.4 is 5.32 Å². The number of Topliss-reactive ketones (excluding diaryl/α,β-unsaturated/α-hetero) is 1. The summed E-state index contributed by atoms with van der Waals surface area (Å²) in [5.41, 5.74) is 3.74. The summed E-state index contributed by atoms with van der Waals surface area (Å²) in [4.78, 5) is 12.6. The number of piperidine rings is 1. The average Bonchev–Trinajstić information content (AvgIpc) is 2.79. The normalized spacial score (nSPS) is 14.6. The number of hydrogen-bond acceptors (Lipinski definition) is 2. The summed E-state index contributed by atoms with van der Waals surface area (Å²) in [5, 5.41) is 3.26. The highest BCUT2D eigenvalue weighted by Crippen LogP contribution is 2.30. The van der Waals surface area contributed by atoms with E-state index < -0.39 is 11.6 Å². The number of carbonyl (C=O) groups is 1. The topological polar surface area (TPSA) is 29.1 Å². The van der Waals surface area contributed by atoms with Gasteiger partial charge in [0.05, 0.1) is 0 Å². The van der Waals surface area contributed by atoms with Crippen molar-refractivity contribution in [3.63, 3.8) is 0 Å². The van der Waals surface area contributed by atoms with Crippen LogP contribution in [-0.4, -0.2) is 18.9 Å². The smallest absolute Gasteiger partial charge is 0.163 e. The molecule has 30 heavy (non-hydrogen) atoms. The van der Waals surface area contributed by atoms with Crippen molar-refractivity contribution in [3.05, 3.63) is 95.1 Å². The zero-order valence-electron chi connectivity index (χ0n) is 16.8. The molecule has 0 saturated carbocycles. The third-order valence-electron chi connectivity index (χ3n) is 5.88. The second kappa shape index (κ2) is 9.31. The molecule has 0 spiro atoms. The van der Waals surface area contributed by atoms with Gasteiger partial charge in [-0.25, -0.2) is 8.78 Å². The lowest BCUT2D eigenvalue weighted by atomic mass is 9.88. The van der Waals surface area contributed by atoms with Crippen LogP contribution >= 0.6 is 0 Å². The quantitative estimate of drug-likeness (QED) is 0.516. The lowest BCUT2D eigenvalue weighted by Gasteiger charge is -2.24. The summed E-state index contributed by atoms with van der Waals surface area (Å²) in [6.07, 6.45) is 2.14. The Morgan fingerprint density at radius 3 is 2.23 bits per heavy atom. The highest BCUT2D eigenvalue weighted by atomic mass is 19.1. The van der Waals surface area contributed by atoms with Crippen LogP contribution in [0.25, 0.3) is 11.1 Å². The SMILES string of the molecule is O=C(CCc1cc(C2CCNCC2)c(F)cc1F)c1ccc(-c2ccccc2)cc1. The minimum Gasteiger partial charge on any atom is -0.317 e. The van der Waals surface area contributed by atoms with Crippen LogP contribution in [-0.2, 0) is 6.42 Å². The minimum absolute atomic E-state index is 0.0400. The van der Waals surface area contributed by atoms with Crippen molar-refractivity contribution in [1.29, 1.82) is 0 Å². The Balaban J connectivity index is 1.44. The van der Waals surface area contributed by atoms with Crippen molar-refractivity contribution in [2.75, 3.05) is 13.1 Å². The Morgan fingerprint density at radius 1 is 0.867 bits per heavy atom. The molecule has 1 N–H and O–H groups in total. The van der Waals surface area contributed by atoms with E-state index in [1.807, 2.05) is 54.6 Å². The minimum atomic E-state index is -0.572. The third-order valence-corrected chi connectivity index (χ3v) is 5.88. The fraction of sp³-hybridized carbons (Fsp3) is 0.269. The molecule has 1 saturated heterocycles. The second-order valence-corrected chi connectivity index (χ2v) is 7.86. The number of hydrogen-bond donors (Lipinski definition) is 1. The zero-order chi connectivity index (χ0) is 20.9. The number of benzene rings is 3. The lowest BCUT2D eigenvalue weighted by molar-refractivity contribution is 0.0982. The van der Waals surface area contributed by atoms with Crippen LogP contribution in [0.15, 0.2) is 66.7 Å². The van der Waals surface area contributed by atoms with Gasteiger partial charge in [0.25, 0.3) is 0 Å². The first-order chi connectivity index (χ1) is 14.6. The Hall–Kier alpha value is -2.85. The van der Waals surface area contributed by atoms with E-state index >= 15 is 0 Å². The molecule has 0 aliphatic carbocycles. The van der Waals surface area contributed by atoms with E-state index in [9.17, 15) is 13.6 Å². The van der Waals surface area contributed by atoms with Gasteiger partial charge < -0.3 is 5.32 Å². The highest BCUT2D eigenvalue weighted by Gasteiger charge is 2.21. The molecular formula is C26H25F2NO. The van der Waals surface area contributed by atoms with Gasteiger partial charge in [-0.3, -0.25) is 4.79 Å². The number of nitrogens with one attached hydrogen (secondary N) is 1. The number of rotatable bonds is 6. The summed E-state index contributed by atoms with van der Waals surface area (Å²) < 4.78 is 28.7. The maximum atomic E-state index is 14.3. The van der Waals surface area contributed by atoms with Crippen LogP contribution in [0, 0.1) is 11.6 Å². The predicted octanol–water partition coefficient (Wildman–Crippen LogP) is 5.91. The maximum absolute atomic E-state index is 14.3. The second-order valence-electron chi connectivity index (χ2n) is 7.86. The Bertz CT molecular complexity index is 1010. The molecule has 0 atom stereocenters. The van der Waals surface area contributed by atoms with E-state index in [1.165, 1.54) is 0 Å². The van der Waals surface area contributed by atoms with Gasteiger partial charge in [0.15, 0.2) is 5.78 Å². The van der Waals surface area contributed by atoms with Crippen molar-refractivity contribution in [2.24, 2.45) is 0 Å². The van der Waals surface area contributed by atoms with Crippen molar-refractivity contribution >= 4 is 5.78 Å². The highest BCUT2D eigenvalue weighted by molar-refractivity contribution is 5.96. The molecular weight excluding hydrogens is 380 g/mol. The summed E-state index contributed by atoms with van der Waals surface area (Å²) in [5.74, 6) is -0.989. The molecule has 1 aliphatic heterocycles. The zero-order valence-corrected chi connectivity index (χ0v) is 16.8. The summed E-state index contributed by atoms with van der Waals surface area (Å²) in [6.45, 7) is 1.68. The molecule has 4 heteroatoms. The number of carbonyl (C=O) groups excluding carboxylic acids is 1. The van der Waals surface area contributed by atoms with Crippen molar-refractivity contribution < 1.29 is 13.6 Å². The first-order valence-electron chi connectivity index (χ1n) is 10.5. The first kappa shape index (κ1) is 20.4. The van der Waals surface area contributed by atoms with E-state index in [0.29, 0.717) is 16.7 Å². The van der Waals surface area contributed by atoms with Gasteiger partial charge in [-0.05, 0) is 66.6 Å². The molecule has 2 nitrogen and oxygen atoms in total. The lowest BCUT2D eigenvalue weighted by Crippen LogP contribution is -2.27. The van der Waals surface area contributed by atoms with Gasteiger partial charge >= 0.3 is 0 Å². The van der Waals surface area contributed by atoms with E-state index in [-0.39, 0.29) is 24.5 Å². The molecule has 4 rings (SSSR count). The fourth-order valence-corrected chi connectivity index (χ4v) is 4.12. The van der Waals surface area contributed by atoms with Crippen LogP contribution in [0.2, 0.25) is 0 Å². The summed E-state index contributed by atoms with van der Waals surface area (Å²) >= 11 is 0. The molecule has 0 bridgehead atoms. The summed E-state index contributed by atoms with van der Waals surface area (Å²) in [7, 11) is 0. The molecule has 0 amide bonds. The van der Waals surface area contributed by atoms with E-state index in [0.717, 1.165) is 43.1 Å². The number of aryl methyl sites for hydroxylation is 1. The average molecular weight is 405 g/mol. The van der Waals surface area contributed by atoms with Crippen LogP contribution in [0.3, 0.4) is 0 Å². The molecule has 0 unspecified atom stereocenters. The van der Waals surface area contributed by atoms with Gasteiger partial charge in [-0.1, -0.05) is 54.6 Å². The Kier molecular flexibility index (Phi) is 6.34. The summed E-state index contributed by atoms with van der Waals surface area (Å²) in [6, 6.07) is 20.0. The van der Waals surface area contributed by atoms with Gasteiger partial charge in [0, 0.05) is 18.1 Å². The van der Waals surface area contributed by atoms with E-state index in [2.05, 4.69) is 5.32 Å². The largest absolute Gasteiger partial charge is 0.317 e. The van der Waals surface area contributed by atoms with Gasteiger partial charge in [-0.2, -0.15) is 0 Å². The van der Waals surface area contributed by atoms with E-state index in [4.69, 9.17) is 0 Å². The van der Waals surface area contributed by atoms with Crippen LogP contribution in [0.5, 0.6) is 0 Å². The Labute approximate surface area is 176 Å². The molecule has 1 heterocycles. The standard InChI is InChI=1S/C26H25F2NO/c27-24-17-25(28)23(20-12-14-29-15-13-20)16-22(24)10-11-26(30)21-8-6-19(7-9-21)18-4-2-1-3-5-18/h1-9,16-17,20,29H,10-15H2. The van der Waals surface area contributed by atoms with Crippen molar-refractivity contribution in [2.45, 2.75) is 31.6 Å². The van der Waals surface area contributed by atoms with Crippen molar-refractivity contribution in [1.82, 2.24) is 5.32 Å². The number of ketones is 1. The van der Waals surface area contributed by atoms with Gasteiger partial charge in [0.1, 0.15) is 11.6 Å². The van der Waals surface area contributed by atoms with Crippen LogP contribution in [0.4, 0.5) is 8.78 Å². The third kappa shape index (κ3) is 4.65.